The van der Waals surface area contributed by atoms with Crippen LogP contribution in [0.25, 0.3) is 27.7 Å². The predicted molar refractivity (Wildman–Crippen MR) is 111 cm³/mol. The summed E-state index contributed by atoms with van der Waals surface area (Å²) in [7, 11) is 3.19. The van der Waals surface area contributed by atoms with E-state index in [0.29, 0.717) is 11.3 Å². The molecule has 3 aromatic rings. The minimum absolute atomic E-state index is 0.133. The number of benzene rings is 1. The Morgan fingerprint density at radius 2 is 2.14 bits per heavy atom. The number of hydrogen-bond donors (Lipinski definition) is 3. The van der Waals surface area contributed by atoms with Crippen molar-refractivity contribution in [2.75, 3.05) is 14.2 Å². The molecule has 2 amide bonds. The van der Waals surface area contributed by atoms with Gasteiger partial charge in [0.1, 0.15) is 17.2 Å². The van der Waals surface area contributed by atoms with Crippen LogP contribution in [0, 0.1) is 5.82 Å². The molecule has 0 saturated heterocycles. The van der Waals surface area contributed by atoms with Crippen molar-refractivity contribution in [3.8, 4) is 16.9 Å². The molecule has 1 atom stereocenters. The summed E-state index contributed by atoms with van der Waals surface area (Å²) in [6.07, 6.45) is 6.35. The number of H-pyrrole nitrogens is 1. The molecule has 0 fully saturated rings. The molecular weight excluding hydrogens is 371 g/mol. The van der Waals surface area contributed by atoms with Crippen LogP contribution >= 0.6 is 0 Å². The second-order valence-electron chi connectivity index (χ2n) is 7.07. The Morgan fingerprint density at radius 3 is 2.86 bits per heavy atom. The number of methoxy groups -OCH3 is 1. The lowest BCUT2D eigenvalue weighted by Crippen LogP contribution is -2.41. The fraction of sp³-hybridized carbons (Fsp3) is 0.273. The Morgan fingerprint density at radius 1 is 1.28 bits per heavy atom. The maximum absolute atomic E-state index is 13.9. The molecular formula is C22H23FN4O2. The number of aromatic nitrogens is 2. The van der Waals surface area contributed by atoms with Gasteiger partial charge in [-0.05, 0) is 60.7 Å². The lowest BCUT2D eigenvalue weighted by molar-refractivity contribution is 0.238. The van der Waals surface area contributed by atoms with E-state index >= 15 is 0 Å². The van der Waals surface area contributed by atoms with Crippen molar-refractivity contribution in [1.82, 2.24) is 20.6 Å². The summed E-state index contributed by atoms with van der Waals surface area (Å²) in [5.41, 5.74) is 4.49. The molecule has 150 valence electrons. The van der Waals surface area contributed by atoms with Crippen LogP contribution in [0.4, 0.5) is 9.18 Å². The van der Waals surface area contributed by atoms with Crippen LogP contribution in [0.3, 0.4) is 0 Å². The van der Waals surface area contributed by atoms with Crippen molar-refractivity contribution in [3.05, 3.63) is 54.1 Å². The molecule has 1 aromatic carbocycles. The van der Waals surface area contributed by atoms with Gasteiger partial charge in [-0.2, -0.15) is 0 Å². The number of rotatable bonds is 4. The highest BCUT2D eigenvalue weighted by Crippen LogP contribution is 2.37. The highest BCUT2D eigenvalue weighted by molar-refractivity contribution is 5.96. The molecule has 0 saturated carbocycles. The van der Waals surface area contributed by atoms with Gasteiger partial charge >= 0.3 is 6.03 Å². The van der Waals surface area contributed by atoms with Crippen LogP contribution in [0.1, 0.15) is 25.0 Å². The molecule has 7 heteroatoms. The number of halogens is 1. The quantitative estimate of drug-likeness (QED) is 0.619. The number of hydrogen-bond acceptors (Lipinski definition) is 3. The third-order valence-corrected chi connectivity index (χ3v) is 5.30. The largest absolute Gasteiger partial charge is 0.496 e. The minimum atomic E-state index is -0.314. The second kappa shape index (κ2) is 7.95. The van der Waals surface area contributed by atoms with Gasteiger partial charge in [0.15, 0.2) is 0 Å². The molecule has 29 heavy (non-hydrogen) atoms. The molecule has 1 aliphatic rings. The first-order valence-corrected chi connectivity index (χ1v) is 9.58. The van der Waals surface area contributed by atoms with Crippen molar-refractivity contribution >= 4 is 22.6 Å². The number of urea groups is 1. The number of aromatic amines is 1. The molecule has 3 N–H and O–H groups in total. The van der Waals surface area contributed by atoms with Gasteiger partial charge in [0.05, 0.1) is 7.11 Å². The van der Waals surface area contributed by atoms with Crippen LogP contribution in [0.2, 0.25) is 0 Å². The molecule has 6 nitrogen and oxygen atoms in total. The highest BCUT2D eigenvalue weighted by Gasteiger charge is 2.19. The van der Waals surface area contributed by atoms with E-state index in [2.05, 4.69) is 32.7 Å². The van der Waals surface area contributed by atoms with Gasteiger partial charge in [-0.25, -0.2) is 14.2 Å². The second-order valence-corrected chi connectivity index (χ2v) is 7.07. The first-order chi connectivity index (χ1) is 14.1. The molecule has 4 rings (SSSR count). The Balaban J connectivity index is 1.67. The van der Waals surface area contributed by atoms with Gasteiger partial charge in [-0.1, -0.05) is 6.08 Å². The lowest BCUT2D eigenvalue weighted by Gasteiger charge is -2.22. The maximum Gasteiger partial charge on any atom is 0.314 e. The van der Waals surface area contributed by atoms with E-state index in [4.69, 9.17) is 4.74 Å². The van der Waals surface area contributed by atoms with Crippen molar-refractivity contribution in [1.29, 1.82) is 0 Å². The summed E-state index contributed by atoms with van der Waals surface area (Å²) in [5, 5.41) is 6.45. The van der Waals surface area contributed by atoms with Crippen LogP contribution in [-0.4, -0.2) is 36.2 Å². The Bertz CT molecular complexity index is 1090. The molecule has 0 bridgehead atoms. The summed E-state index contributed by atoms with van der Waals surface area (Å²) in [4.78, 5) is 19.3. The summed E-state index contributed by atoms with van der Waals surface area (Å²) in [6, 6.07) is 8.40. The van der Waals surface area contributed by atoms with E-state index in [9.17, 15) is 9.18 Å². The molecule has 1 unspecified atom stereocenters. The lowest BCUT2D eigenvalue weighted by atomic mass is 9.93. The minimum Gasteiger partial charge on any atom is -0.496 e. The SMILES string of the molecule is CNC(=O)NC1CC=C(c2cc3c(-c4cc(F)ccc4OC)ccnc3[nH]2)CC1. The van der Waals surface area contributed by atoms with Crippen molar-refractivity contribution < 1.29 is 13.9 Å². The number of carbonyl (C=O) groups is 1. The predicted octanol–water partition coefficient (Wildman–Crippen LogP) is 4.24. The van der Waals surface area contributed by atoms with Gasteiger partial charge in [0.25, 0.3) is 0 Å². The molecule has 2 aromatic heterocycles. The number of nitrogens with one attached hydrogen (secondary N) is 3. The standard InChI is InChI=1S/C22H23FN4O2/c1-24-22(28)26-15-6-3-13(4-7-15)19-12-18-16(9-10-25-21(18)27-19)17-11-14(23)5-8-20(17)29-2/h3,5,8-12,15H,4,6-7H2,1-2H3,(H,25,27)(H2,24,26,28). The van der Waals surface area contributed by atoms with Gasteiger partial charge in [0.2, 0.25) is 0 Å². The third-order valence-electron chi connectivity index (χ3n) is 5.30. The normalized spacial score (nSPS) is 16.4. The van der Waals surface area contributed by atoms with E-state index in [1.165, 1.54) is 17.7 Å². The van der Waals surface area contributed by atoms with Crippen LogP contribution in [0.15, 0.2) is 42.6 Å². The zero-order valence-corrected chi connectivity index (χ0v) is 16.4. The van der Waals surface area contributed by atoms with Crippen molar-refractivity contribution in [3.63, 3.8) is 0 Å². The highest BCUT2D eigenvalue weighted by atomic mass is 19.1. The number of carbonyl (C=O) groups excluding carboxylic acids is 1. The Labute approximate surface area is 168 Å². The fourth-order valence-corrected chi connectivity index (χ4v) is 3.79. The van der Waals surface area contributed by atoms with Crippen molar-refractivity contribution in [2.45, 2.75) is 25.3 Å². The molecule has 2 heterocycles. The number of pyridine rings is 1. The topological polar surface area (TPSA) is 79.0 Å². The zero-order chi connectivity index (χ0) is 20.4. The van der Waals surface area contributed by atoms with E-state index in [0.717, 1.165) is 41.6 Å². The van der Waals surface area contributed by atoms with Gasteiger partial charge in [0, 0.05) is 35.9 Å². The van der Waals surface area contributed by atoms with Gasteiger partial charge < -0.3 is 20.4 Å². The van der Waals surface area contributed by atoms with Gasteiger partial charge in [-0.15, -0.1) is 0 Å². The Hall–Kier alpha value is -3.35. The average Bonchev–Trinajstić information content (AvgIpc) is 3.18. The van der Waals surface area contributed by atoms with Crippen LogP contribution < -0.4 is 15.4 Å². The molecule has 0 radical (unpaired) electrons. The smallest absolute Gasteiger partial charge is 0.314 e. The average molecular weight is 394 g/mol. The van der Waals surface area contributed by atoms with Crippen LogP contribution in [0.5, 0.6) is 5.75 Å². The Kier molecular flexibility index (Phi) is 5.20. The summed E-state index contributed by atoms with van der Waals surface area (Å²) >= 11 is 0. The third kappa shape index (κ3) is 3.81. The van der Waals surface area contributed by atoms with E-state index in [-0.39, 0.29) is 17.9 Å². The zero-order valence-electron chi connectivity index (χ0n) is 16.4. The first kappa shape index (κ1) is 19.0. The molecule has 0 aliphatic heterocycles. The number of allylic oxidation sites excluding steroid dienone is 1. The summed E-state index contributed by atoms with van der Waals surface area (Å²) in [6.45, 7) is 0. The fourth-order valence-electron chi connectivity index (χ4n) is 3.79. The van der Waals surface area contributed by atoms with Crippen molar-refractivity contribution in [2.24, 2.45) is 0 Å². The summed E-state index contributed by atoms with van der Waals surface area (Å²) in [5.74, 6) is 0.299. The molecule has 1 aliphatic carbocycles. The molecule has 0 spiro atoms. The monoisotopic (exact) mass is 394 g/mol. The number of fused-ring (bicyclic) bond motifs is 1. The van der Waals surface area contributed by atoms with Crippen LogP contribution in [-0.2, 0) is 0 Å². The van der Waals surface area contributed by atoms with E-state index < -0.39 is 0 Å². The van der Waals surface area contributed by atoms with Gasteiger partial charge in [-0.3, -0.25) is 0 Å². The number of ether oxygens (including phenoxy) is 1. The maximum atomic E-state index is 13.9. The number of nitrogens with zero attached hydrogens (tertiary/aromatic N) is 1. The van der Waals surface area contributed by atoms with E-state index in [1.54, 1.807) is 26.4 Å². The number of amides is 2. The van der Waals surface area contributed by atoms with E-state index in [1.807, 2.05) is 6.07 Å². The first-order valence-electron chi connectivity index (χ1n) is 9.58. The summed E-state index contributed by atoms with van der Waals surface area (Å²) < 4.78 is 19.3.